The van der Waals surface area contributed by atoms with Gasteiger partial charge < -0.3 is 10.6 Å². The first-order valence-electron chi connectivity index (χ1n) is 7.86. The van der Waals surface area contributed by atoms with Crippen molar-refractivity contribution >= 4 is 34.7 Å². The maximum absolute atomic E-state index is 13.2. The molecule has 2 N–H and O–H groups in total. The van der Waals surface area contributed by atoms with Gasteiger partial charge in [-0.15, -0.1) is 0 Å². The van der Waals surface area contributed by atoms with Gasteiger partial charge in [-0.2, -0.15) is 0 Å². The van der Waals surface area contributed by atoms with E-state index in [9.17, 15) is 9.18 Å². The fraction of sp³-hybridized carbons (Fsp3) is 0.105. The van der Waals surface area contributed by atoms with Crippen LogP contribution >= 0.6 is 11.6 Å². The van der Waals surface area contributed by atoms with Crippen molar-refractivity contribution in [1.29, 1.82) is 0 Å². The molecule has 0 saturated carbocycles. The number of amides is 1. The molecule has 0 radical (unpaired) electrons. The van der Waals surface area contributed by atoms with Gasteiger partial charge in [-0.05, 0) is 49.2 Å². The number of nitrogens with one attached hydrogen (secondary N) is 2. The Bertz CT molecular complexity index is 960. The van der Waals surface area contributed by atoms with E-state index in [1.54, 1.807) is 0 Å². The SMILES string of the molecule is Cc1cccc(NC(=O)c2cnc(Nc3ccc(F)c(Cl)c3)cn2)c1C. The molecule has 0 aliphatic heterocycles. The lowest BCUT2D eigenvalue weighted by Gasteiger charge is -2.10. The van der Waals surface area contributed by atoms with Gasteiger partial charge in [-0.3, -0.25) is 4.79 Å². The minimum Gasteiger partial charge on any atom is -0.339 e. The zero-order valence-electron chi connectivity index (χ0n) is 14.2. The van der Waals surface area contributed by atoms with Crippen LogP contribution in [0.25, 0.3) is 0 Å². The van der Waals surface area contributed by atoms with E-state index in [0.717, 1.165) is 16.8 Å². The quantitative estimate of drug-likeness (QED) is 0.686. The fourth-order valence-corrected chi connectivity index (χ4v) is 2.49. The van der Waals surface area contributed by atoms with Crippen LogP contribution in [-0.4, -0.2) is 15.9 Å². The Morgan fingerprint density at radius 3 is 2.62 bits per heavy atom. The highest BCUT2D eigenvalue weighted by atomic mass is 35.5. The van der Waals surface area contributed by atoms with Gasteiger partial charge in [0.15, 0.2) is 0 Å². The molecule has 3 rings (SSSR count). The summed E-state index contributed by atoms with van der Waals surface area (Å²) in [5.74, 6) is -0.430. The van der Waals surface area contributed by atoms with Crippen molar-refractivity contribution in [2.45, 2.75) is 13.8 Å². The summed E-state index contributed by atoms with van der Waals surface area (Å²) in [6.07, 6.45) is 2.79. The number of nitrogens with zero attached hydrogens (tertiary/aromatic N) is 2. The summed E-state index contributed by atoms with van der Waals surface area (Å²) in [5.41, 5.74) is 3.58. The van der Waals surface area contributed by atoms with Crippen molar-refractivity contribution in [3.63, 3.8) is 0 Å². The van der Waals surface area contributed by atoms with E-state index in [1.165, 1.54) is 30.6 Å². The van der Waals surface area contributed by atoms with Crippen LogP contribution in [0.1, 0.15) is 21.6 Å². The number of hydrogen-bond acceptors (Lipinski definition) is 4. The fourth-order valence-electron chi connectivity index (χ4n) is 2.30. The second-order valence-electron chi connectivity index (χ2n) is 5.74. The molecule has 0 saturated heterocycles. The normalized spacial score (nSPS) is 10.5. The molecule has 7 heteroatoms. The van der Waals surface area contributed by atoms with Crippen LogP contribution in [-0.2, 0) is 0 Å². The molecule has 1 heterocycles. The molecule has 0 spiro atoms. The minimum absolute atomic E-state index is 0.00693. The van der Waals surface area contributed by atoms with Crippen molar-refractivity contribution in [2.24, 2.45) is 0 Å². The largest absolute Gasteiger partial charge is 0.339 e. The summed E-state index contributed by atoms with van der Waals surface area (Å²) < 4.78 is 13.2. The number of benzene rings is 2. The molecule has 0 aliphatic carbocycles. The second kappa shape index (κ2) is 7.49. The van der Waals surface area contributed by atoms with E-state index < -0.39 is 5.82 Å². The first-order valence-corrected chi connectivity index (χ1v) is 8.23. The molecule has 132 valence electrons. The molecular formula is C19H16ClFN4O. The van der Waals surface area contributed by atoms with Gasteiger partial charge in [0.1, 0.15) is 17.3 Å². The molecule has 2 aromatic carbocycles. The lowest BCUT2D eigenvalue weighted by atomic mass is 10.1. The maximum Gasteiger partial charge on any atom is 0.275 e. The molecule has 0 atom stereocenters. The lowest BCUT2D eigenvalue weighted by molar-refractivity contribution is 0.102. The highest BCUT2D eigenvalue weighted by Crippen LogP contribution is 2.22. The first-order chi connectivity index (χ1) is 12.4. The molecule has 3 aromatic rings. The number of aromatic nitrogens is 2. The number of halogens is 2. The van der Waals surface area contributed by atoms with Gasteiger partial charge >= 0.3 is 0 Å². The Morgan fingerprint density at radius 2 is 1.92 bits per heavy atom. The second-order valence-corrected chi connectivity index (χ2v) is 6.15. The third kappa shape index (κ3) is 3.97. The molecule has 0 unspecified atom stereocenters. The van der Waals surface area contributed by atoms with Gasteiger partial charge in [0.05, 0.1) is 17.4 Å². The summed E-state index contributed by atoms with van der Waals surface area (Å²) in [6, 6.07) is 9.92. The van der Waals surface area contributed by atoms with Crippen molar-refractivity contribution in [3.05, 3.63) is 76.5 Å². The summed E-state index contributed by atoms with van der Waals surface area (Å²) in [4.78, 5) is 20.6. The molecule has 26 heavy (non-hydrogen) atoms. The van der Waals surface area contributed by atoms with Gasteiger partial charge in [0.2, 0.25) is 0 Å². The molecule has 0 fully saturated rings. The van der Waals surface area contributed by atoms with Crippen LogP contribution in [0, 0.1) is 19.7 Å². The van der Waals surface area contributed by atoms with E-state index >= 15 is 0 Å². The van der Waals surface area contributed by atoms with Crippen LogP contribution in [0.4, 0.5) is 21.6 Å². The predicted molar refractivity (Wildman–Crippen MR) is 101 cm³/mol. The lowest BCUT2D eigenvalue weighted by Crippen LogP contribution is -2.15. The van der Waals surface area contributed by atoms with E-state index in [0.29, 0.717) is 11.5 Å². The number of aryl methyl sites for hydroxylation is 1. The van der Waals surface area contributed by atoms with Crippen LogP contribution in [0.5, 0.6) is 0 Å². The molecule has 1 amide bonds. The van der Waals surface area contributed by atoms with E-state index in [4.69, 9.17) is 11.6 Å². The van der Waals surface area contributed by atoms with Crippen LogP contribution in [0.3, 0.4) is 0 Å². The number of anilines is 3. The van der Waals surface area contributed by atoms with Gasteiger partial charge in [0.25, 0.3) is 5.91 Å². The number of carbonyl (C=O) groups excluding carboxylic acids is 1. The number of rotatable bonds is 4. The van der Waals surface area contributed by atoms with Crippen molar-refractivity contribution in [2.75, 3.05) is 10.6 Å². The molecular weight excluding hydrogens is 355 g/mol. The average molecular weight is 371 g/mol. The van der Waals surface area contributed by atoms with Crippen LogP contribution in [0.2, 0.25) is 5.02 Å². The maximum atomic E-state index is 13.2. The summed E-state index contributed by atoms with van der Waals surface area (Å²) in [5, 5.41) is 5.78. The van der Waals surface area contributed by atoms with Crippen molar-refractivity contribution < 1.29 is 9.18 Å². The monoisotopic (exact) mass is 370 g/mol. The Kier molecular flexibility index (Phi) is 5.14. The summed E-state index contributed by atoms with van der Waals surface area (Å²) in [6.45, 7) is 3.92. The molecule has 5 nitrogen and oxygen atoms in total. The average Bonchev–Trinajstić information content (AvgIpc) is 2.63. The third-order valence-corrected chi connectivity index (χ3v) is 4.22. The zero-order chi connectivity index (χ0) is 18.7. The van der Waals surface area contributed by atoms with Gasteiger partial charge in [-0.25, -0.2) is 14.4 Å². The van der Waals surface area contributed by atoms with Crippen molar-refractivity contribution in [3.8, 4) is 0 Å². The van der Waals surface area contributed by atoms with E-state index in [1.807, 2.05) is 32.0 Å². The van der Waals surface area contributed by atoms with Gasteiger partial charge in [-0.1, -0.05) is 23.7 Å². The number of carbonyl (C=O) groups is 1. The molecule has 0 bridgehead atoms. The zero-order valence-corrected chi connectivity index (χ0v) is 14.9. The van der Waals surface area contributed by atoms with Gasteiger partial charge in [0, 0.05) is 11.4 Å². The Hall–Kier alpha value is -2.99. The summed E-state index contributed by atoms with van der Waals surface area (Å²) in [7, 11) is 0. The first kappa shape index (κ1) is 17.8. The van der Waals surface area contributed by atoms with E-state index in [2.05, 4.69) is 20.6 Å². The van der Waals surface area contributed by atoms with Crippen molar-refractivity contribution in [1.82, 2.24) is 9.97 Å². The smallest absolute Gasteiger partial charge is 0.275 e. The molecule has 0 aliphatic rings. The van der Waals surface area contributed by atoms with E-state index in [-0.39, 0.29) is 16.6 Å². The standard InChI is InChI=1S/C19H16ClFN4O/c1-11-4-3-5-16(12(11)2)25-19(26)17-9-23-18(10-22-17)24-13-6-7-15(21)14(20)8-13/h3-10H,1-2H3,(H,23,24)(H,25,26). The summed E-state index contributed by atoms with van der Waals surface area (Å²) >= 11 is 5.74. The number of hydrogen-bond donors (Lipinski definition) is 2. The topological polar surface area (TPSA) is 66.9 Å². The Morgan fingerprint density at radius 1 is 1.12 bits per heavy atom. The predicted octanol–water partition coefficient (Wildman–Crippen LogP) is 4.88. The van der Waals surface area contributed by atoms with Crippen LogP contribution in [0.15, 0.2) is 48.8 Å². The highest BCUT2D eigenvalue weighted by Gasteiger charge is 2.11. The molecule has 1 aromatic heterocycles. The highest BCUT2D eigenvalue weighted by molar-refractivity contribution is 6.31. The third-order valence-electron chi connectivity index (χ3n) is 3.93. The Balaban J connectivity index is 1.71. The Labute approximate surface area is 155 Å². The van der Waals surface area contributed by atoms with Crippen LogP contribution < -0.4 is 10.6 Å². The minimum atomic E-state index is -0.498.